The number of fused-ring (bicyclic) bond motifs is 1. The van der Waals surface area contributed by atoms with E-state index in [2.05, 4.69) is 30.9 Å². The van der Waals surface area contributed by atoms with E-state index in [1.165, 1.54) is 56.2 Å². The molecule has 0 amide bonds. The number of hydrogen-bond acceptors (Lipinski definition) is 2. The average Bonchev–Trinajstić information content (AvgIpc) is 2.47. The highest BCUT2D eigenvalue weighted by molar-refractivity contribution is 5.51. The van der Waals surface area contributed by atoms with E-state index in [1.807, 2.05) is 6.07 Å². The van der Waals surface area contributed by atoms with Crippen molar-refractivity contribution in [2.45, 2.75) is 71.4 Å². The molecule has 1 aromatic rings. The first-order valence-electron chi connectivity index (χ1n) is 8.32. The van der Waals surface area contributed by atoms with E-state index in [4.69, 9.17) is 5.73 Å². The van der Waals surface area contributed by atoms with E-state index < -0.39 is 0 Å². The number of unbranched alkanes of at least 4 members (excludes halogenated alkanes) is 4. The van der Waals surface area contributed by atoms with Gasteiger partial charge < -0.3 is 5.73 Å². The molecule has 0 saturated carbocycles. The van der Waals surface area contributed by atoms with Gasteiger partial charge in [0.05, 0.1) is 0 Å². The first kappa shape index (κ1) is 15.4. The zero-order valence-corrected chi connectivity index (χ0v) is 13.2. The van der Waals surface area contributed by atoms with Gasteiger partial charge in [-0.15, -0.1) is 0 Å². The molecule has 0 spiro atoms. The standard InChI is InChI=1S/C18H30N2/c1-3-4-5-6-7-9-15(2)20-13-12-16-10-8-11-18(19)17(16)14-20/h8,10-11,15H,3-7,9,12-14,19H2,1-2H3. The fourth-order valence-electron chi connectivity index (χ4n) is 3.23. The second-order valence-corrected chi connectivity index (χ2v) is 6.26. The Morgan fingerprint density at radius 3 is 2.80 bits per heavy atom. The molecule has 0 fully saturated rings. The molecule has 2 heteroatoms. The molecule has 112 valence electrons. The van der Waals surface area contributed by atoms with E-state index in [9.17, 15) is 0 Å². The molecule has 1 unspecified atom stereocenters. The molecule has 2 rings (SSSR count). The molecule has 0 aliphatic carbocycles. The maximum absolute atomic E-state index is 6.13. The van der Waals surface area contributed by atoms with Crippen molar-refractivity contribution in [2.24, 2.45) is 0 Å². The highest BCUT2D eigenvalue weighted by atomic mass is 15.2. The second-order valence-electron chi connectivity index (χ2n) is 6.26. The van der Waals surface area contributed by atoms with Gasteiger partial charge >= 0.3 is 0 Å². The molecule has 1 aliphatic rings. The van der Waals surface area contributed by atoms with Crippen LogP contribution in [0.4, 0.5) is 5.69 Å². The molecule has 1 aromatic carbocycles. The molecule has 1 heterocycles. The van der Waals surface area contributed by atoms with Gasteiger partial charge in [0, 0.05) is 24.8 Å². The zero-order chi connectivity index (χ0) is 14.4. The molecule has 0 bridgehead atoms. The Balaban J connectivity index is 1.81. The smallest absolute Gasteiger partial charge is 0.0362 e. The third-order valence-electron chi connectivity index (χ3n) is 4.69. The maximum atomic E-state index is 6.13. The number of anilines is 1. The summed E-state index contributed by atoms with van der Waals surface area (Å²) in [6.45, 7) is 6.88. The van der Waals surface area contributed by atoms with Crippen LogP contribution in [0.3, 0.4) is 0 Å². The van der Waals surface area contributed by atoms with E-state index in [-0.39, 0.29) is 0 Å². The Morgan fingerprint density at radius 2 is 2.00 bits per heavy atom. The number of nitrogen functional groups attached to an aromatic ring is 1. The lowest BCUT2D eigenvalue weighted by Crippen LogP contribution is -2.37. The monoisotopic (exact) mass is 274 g/mol. The summed E-state index contributed by atoms with van der Waals surface area (Å²) in [5.41, 5.74) is 9.93. The molecule has 2 N–H and O–H groups in total. The van der Waals surface area contributed by atoms with Gasteiger partial charge in [-0.3, -0.25) is 4.90 Å². The Bertz CT molecular complexity index is 414. The molecule has 1 aliphatic heterocycles. The van der Waals surface area contributed by atoms with Crippen LogP contribution in [0.5, 0.6) is 0 Å². The van der Waals surface area contributed by atoms with Crippen LogP contribution in [0, 0.1) is 0 Å². The normalized spacial score (nSPS) is 16.9. The zero-order valence-electron chi connectivity index (χ0n) is 13.2. The van der Waals surface area contributed by atoms with Crippen molar-refractivity contribution < 1.29 is 0 Å². The summed E-state index contributed by atoms with van der Waals surface area (Å²) >= 11 is 0. The maximum Gasteiger partial charge on any atom is 0.0362 e. The second kappa shape index (κ2) is 7.68. The minimum Gasteiger partial charge on any atom is -0.398 e. The minimum atomic E-state index is 0.685. The van der Waals surface area contributed by atoms with E-state index >= 15 is 0 Å². The van der Waals surface area contributed by atoms with Crippen molar-refractivity contribution in [3.05, 3.63) is 29.3 Å². The molecular weight excluding hydrogens is 244 g/mol. The third kappa shape index (κ3) is 3.99. The van der Waals surface area contributed by atoms with Gasteiger partial charge in [0.15, 0.2) is 0 Å². The van der Waals surface area contributed by atoms with Crippen molar-refractivity contribution >= 4 is 5.69 Å². The minimum absolute atomic E-state index is 0.685. The average molecular weight is 274 g/mol. The van der Waals surface area contributed by atoms with Gasteiger partial charge in [0.25, 0.3) is 0 Å². The molecule has 2 nitrogen and oxygen atoms in total. The molecule has 0 saturated heterocycles. The molecular formula is C18H30N2. The summed E-state index contributed by atoms with van der Waals surface area (Å²) in [6, 6.07) is 7.04. The van der Waals surface area contributed by atoms with Gasteiger partial charge in [-0.05, 0) is 37.0 Å². The lowest BCUT2D eigenvalue weighted by molar-refractivity contribution is 0.179. The Hall–Kier alpha value is -1.02. The van der Waals surface area contributed by atoms with Gasteiger partial charge in [-0.25, -0.2) is 0 Å². The summed E-state index contributed by atoms with van der Waals surface area (Å²) in [5.74, 6) is 0. The third-order valence-corrected chi connectivity index (χ3v) is 4.69. The van der Waals surface area contributed by atoms with Crippen LogP contribution >= 0.6 is 0 Å². The first-order chi connectivity index (χ1) is 9.72. The molecule has 1 atom stereocenters. The van der Waals surface area contributed by atoms with Crippen molar-refractivity contribution in [1.82, 2.24) is 4.90 Å². The molecule has 0 aromatic heterocycles. The number of nitrogens with two attached hydrogens (primary N) is 1. The first-order valence-corrected chi connectivity index (χ1v) is 8.32. The van der Waals surface area contributed by atoms with Crippen molar-refractivity contribution in [3.63, 3.8) is 0 Å². The summed E-state index contributed by atoms with van der Waals surface area (Å²) in [4.78, 5) is 2.61. The van der Waals surface area contributed by atoms with Crippen LogP contribution in [0.2, 0.25) is 0 Å². The van der Waals surface area contributed by atoms with Crippen molar-refractivity contribution in [2.75, 3.05) is 12.3 Å². The van der Waals surface area contributed by atoms with Crippen molar-refractivity contribution in [3.8, 4) is 0 Å². The van der Waals surface area contributed by atoms with Crippen LogP contribution < -0.4 is 5.73 Å². The largest absolute Gasteiger partial charge is 0.398 e. The molecule has 0 radical (unpaired) electrons. The molecule has 20 heavy (non-hydrogen) atoms. The van der Waals surface area contributed by atoms with E-state index in [0.717, 1.165) is 18.7 Å². The Kier molecular flexibility index (Phi) is 5.90. The van der Waals surface area contributed by atoms with Crippen LogP contribution in [-0.4, -0.2) is 17.5 Å². The van der Waals surface area contributed by atoms with Gasteiger partial charge in [-0.1, -0.05) is 51.2 Å². The highest BCUT2D eigenvalue weighted by Crippen LogP contribution is 2.26. The van der Waals surface area contributed by atoms with Gasteiger partial charge in [0.2, 0.25) is 0 Å². The quantitative estimate of drug-likeness (QED) is 0.590. The van der Waals surface area contributed by atoms with Gasteiger partial charge in [0.1, 0.15) is 0 Å². The van der Waals surface area contributed by atoms with Crippen LogP contribution in [0.15, 0.2) is 18.2 Å². The topological polar surface area (TPSA) is 29.3 Å². The van der Waals surface area contributed by atoms with Gasteiger partial charge in [-0.2, -0.15) is 0 Å². The lowest BCUT2D eigenvalue weighted by atomic mass is 9.96. The fourth-order valence-corrected chi connectivity index (χ4v) is 3.23. The number of benzene rings is 1. The summed E-state index contributed by atoms with van der Waals surface area (Å²) in [6.07, 6.45) is 9.37. The van der Waals surface area contributed by atoms with Crippen LogP contribution in [0.25, 0.3) is 0 Å². The van der Waals surface area contributed by atoms with E-state index in [1.54, 1.807) is 0 Å². The van der Waals surface area contributed by atoms with E-state index in [0.29, 0.717) is 6.04 Å². The predicted octanol–water partition coefficient (Wildman–Crippen LogP) is 4.38. The number of hydrogen-bond donors (Lipinski definition) is 1. The number of rotatable bonds is 7. The number of nitrogens with zero attached hydrogens (tertiary/aromatic N) is 1. The van der Waals surface area contributed by atoms with Crippen molar-refractivity contribution in [1.29, 1.82) is 0 Å². The van der Waals surface area contributed by atoms with Crippen LogP contribution in [-0.2, 0) is 13.0 Å². The van der Waals surface area contributed by atoms with Crippen LogP contribution in [0.1, 0.15) is 63.5 Å². The predicted molar refractivity (Wildman–Crippen MR) is 87.8 cm³/mol. The summed E-state index contributed by atoms with van der Waals surface area (Å²) in [7, 11) is 0. The lowest BCUT2D eigenvalue weighted by Gasteiger charge is -2.34. The highest BCUT2D eigenvalue weighted by Gasteiger charge is 2.21. The summed E-state index contributed by atoms with van der Waals surface area (Å²) in [5, 5.41) is 0. The SMILES string of the molecule is CCCCCCCC(C)N1CCc2cccc(N)c2C1. The fraction of sp³-hybridized carbons (Fsp3) is 0.667. The Labute approximate surface area is 124 Å². The summed E-state index contributed by atoms with van der Waals surface area (Å²) < 4.78 is 0. The Morgan fingerprint density at radius 1 is 1.20 bits per heavy atom.